The fourth-order valence-electron chi connectivity index (χ4n) is 0.650. The Morgan fingerprint density at radius 3 is 2.09 bits per heavy atom. The van der Waals surface area contributed by atoms with Crippen molar-refractivity contribution in [3.63, 3.8) is 0 Å². The lowest BCUT2D eigenvalue weighted by atomic mass is 10.1. The average molecular weight is 148 g/mol. The summed E-state index contributed by atoms with van der Waals surface area (Å²) in [5, 5.41) is 15.7. The number of hydrogen-bond donors (Lipinski definition) is 1. The van der Waals surface area contributed by atoms with Crippen LogP contribution in [0, 0.1) is 16.7 Å². The van der Waals surface area contributed by atoms with E-state index in [1.807, 2.05) is 19.9 Å². The van der Waals surface area contributed by atoms with Gasteiger partial charge >= 0.3 is 0 Å². The molecule has 0 saturated heterocycles. The molecule has 2 nitrogen and oxygen atoms in total. The van der Waals surface area contributed by atoms with Crippen LogP contribution < -0.4 is 0 Å². The average Bonchev–Trinajstić information content (AvgIpc) is 1.84. The van der Waals surface area contributed by atoms with Gasteiger partial charge in [0.05, 0.1) is 11.6 Å². The van der Waals surface area contributed by atoms with E-state index in [0.717, 1.165) is 5.57 Å². The third kappa shape index (κ3) is 5.10. The summed E-state index contributed by atoms with van der Waals surface area (Å²) in [4.78, 5) is 0. The van der Waals surface area contributed by atoms with Crippen molar-refractivity contribution in [1.82, 2.24) is 0 Å². The van der Waals surface area contributed by atoms with E-state index in [4.69, 9.17) is 10.7 Å². The van der Waals surface area contributed by atoms with E-state index in [9.17, 15) is 0 Å². The Morgan fingerprint density at radius 1 is 1.27 bits per heavy atom. The van der Waals surface area contributed by atoms with Crippen LogP contribution in [0.15, 0.2) is 23.3 Å². The molecule has 0 atom stereocenters. The number of rotatable bonds is 2. The van der Waals surface area contributed by atoms with Crippen molar-refractivity contribution in [1.29, 1.82) is 10.7 Å². The molecule has 0 aromatic carbocycles. The number of allylic oxidation sites excluding steroid dienone is 4. The maximum Gasteiger partial charge on any atom is 0.0992 e. The summed E-state index contributed by atoms with van der Waals surface area (Å²) in [5.41, 5.74) is 2.01. The number of nitrogens with zero attached hydrogens (tertiary/aromatic N) is 1. The molecule has 0 aliphatic heterocycles. The second-order valence-electron chi connectivity index (χ2n) is 2.62. The van der Waals surface area contributed by atoms with Gasteiger partial charge in [-0.3, -0.25) is 0 Å². The maximum atomic E-state index is 8.56. The first kappa shape index (κ1) is 9.64. The molecule has 0 aliphatic rings. The van der Waals surface area contributed by atoms with Crippen LogP contribution in [0.3, 0.4) is 0 Å². The predicted molar refractivity (Wildman–Crippen MR) is 46.5 cm³/mol. The lowest BCUT2D eigenvalue weighted by molar-refractivity contribution is 1.37. The molecule has 0 amide bonds. The van der Waals surface area contributed by atoms with Gasteiger partial charge in [0.25, 0.3) is 0 Å². The van der Waals surface area contributed by atoms with Crippen LogP contribution in [0.2, 0.25) is 0 Å². The Morgan fingerprint density at radius 2 is 1.82 bits per heavy atom. The van der Waals surface area contributed by atoms with E-state index in [1.165, 1.54) is 0 Å². The highest BCUT2D eigenvalue weighted by atomic mass is 14.4. The van der Waals surface area contributed by atoms with E-state index in [-0.39, 0.29) is 0 Å². The summed E-state index contributed by atoms with van der Waals surface area (Å²) < 4.78 is 0. The summed E-state index contributed by atoms with van der Waals surface area (Å²) in [7, 11) is 0. The molecule has 0 radical (unpaired) electrons. The molecule has 0 unspecified atom stereocenters. The fraction of sp³-hybridized carbons (Fsp3) is 0.333. The zero-order chi connectivity index (χ0) is 8.85. The van der Waals surface area contributed by atoms with Gasteiger partial charge in [-0.15, -0.1) is 0 Å². The van der Waals surface area contributed by atoms with Crippen molar-refractivity contribution in [2.75, 3.05) is 0 Å². The minimum absolute atomic E-state index is 0.402. The van der Waals surface area contributed by atoms with Gasteiger partial charge in [0.1, 0.15) is 0 Å². The first-order valence-corrected chi connectivity index (χ1v) is 3.38. The van der Waals surface area contributed by atoms with E-state index in [1.54, 1.807) is 19.1 Å². The molecule has 0 aromatic heterocycles. The lowest BCUT2D eigenvalue weighted by Crippen LogP contribution is -1.83. The molecule has 0 fully saturated rings. The molecule has 0 aromatic rings. The van der Waals surface area contributed by atoms with Gasteiger partial charge in [0, 0.05) is 5.71 Å². The minimum Gasteiger partial charge on any atom is -0.306 e. The first-order valence-electron chi connectivity index (χ1n) is 3.38. The molecule has 0 spiro atoms. The van der Waals surface area contributed by atoms with Crippen molar-refractivity contribution in [2.24, 2.45) is 0 Å². The zero-order valence-corrected chi connectivity index (χ0v) is 7.10. The van der Waals surface area contributed by atoms with E-state index in [2.05, 4.69) is 0 Å². The quantitative estimate of drug-likeness (QED) is 0.365. The monoisotopic (exact) mass is 148 g/mol. The molecule has 0 rings (SSSR count). The van der Waals surface area contributed by atoms with E-state index < -0.39 is 0 Å². The molecule has 0 heterocycles. The largest absolute Gasteiger partial charge is 0.306 e. The Balaban J connectivity index is 4.59. The summed E-state index contributed by atoms with van der Waals surface area (Å²) in [6.45, 7) is 5.49. The highest BCUT2D eigenvalue weighted by Crippen LogP contribution is 2.00. The number of nitrogens with one attached hydrogen (secondary N) is 1. The maximum absolute atomic E-state index is 8.56. The highest BCUT2D eigenvalue weighted by Gasteiger charge is 1.89. The molecule has 1 N–H and O–H groups in total. The molecule has 2 heteroatoms. The van der Waals surface area contributed by atoms with Gasteiger partial charge in [-0.2, -0.15) is 5.26 Å². The van der Waals surface area contributed by atoms with Crippen LogP contribution >= 0.6 is 0 Å². The fourth-order valence-corrected chi connectivity index (χ4v) is 0.650. The van der Waals surface area contributed by atoms with Crippen molar-refractivity contribution < 1.29 is 0 Å². The lowest BCUT2D eigenvalue weighted by Gasteiger charge is -1.89. The van der Waals surface area contributed by atoms with Crippen LogP contribution in [-0.2, 0) is 0 Å². The summed E-state index contributed by atoms with van der Waals surface area (Å²) in [6, 6.07) is 2.01. The van der Waals surface area contributed by atoms with E-state index in [0.29, 0.717) is 11.3 Å². The molecule has 0 bridgehead atoms. The molecular formula is C9H12N2. The number of hydrogen-bond acceptors (Lipinski definition) is 2. The van der Waals surface area contributed by atoms with Crippen LogP contribution in [0.1, 0.15) is 20.8 Å². The summed E-state index contributed by atoms with van der Waals surface area (Å²) in [6.07, 6.45) is 3.31. The zero-order valence-electron chi connectivity index (χ0n) is 7.10. The van der Waals surface area contributed by atoms with Gasteiger partial charge in [0.15, 0.2) is 0 Å². The van der Waals surface area contributed by atoms with E-state index >= 15 is 0 Å². The summed E-state index contributed by atoms with van der Waals surface area (Å²) >= 11 is 0. The van der Waals surface area contributed by atoms with Crippen molar-refractivity contribution in [2.45, 2.75) is 20.8 Å². The van der Waals surface area contributed by atoms with Crippen LogP contribution in [-0.4, -0.2) is 5.71 Å². The van der Waals surface area contributed by atoms with Crippen LogP contribution in [0.4, 0.5) is 0 Å². The number of nitriles is 1. The van der Waals surface area contributed by atoms with Gasteiger partial charge in [0.2, 0.25) is 0 Å². The van der Waals surface area contributed by atoms with Crippen LogP contribution in [0.5, 0.6) is 0 Å². The van der Waals surface area contributed by atoms with Crippen molar-refractivity contribution in [3.8, 4) is 6.07 Å². The SMILES string of the molecule is CC(=N)/C=C(/C#N)C=C(C)C. The Labute approximate surface area is 67.4 Å². The second kappa shape index (κ2) is 4.45. The molecular weight excluding hydrogens is 136 g/mol. The normalized spacial score (nSPS) is 10.2. The minimum atomic E-state index is 0.402. The van der Waals surface area contributed by atoms with Gasteiger partial charge in [-0.25, -0.2) is 0 Å². The smallest absolute Gasteiger partial charge is 0.0992 e. The standard InChI is InChI=1S/C9H12N2/c1-7(2)4-9(6-10)5-8(3)11/h4-5,11H,1-3H3/b9-5+,11-8?. The third-order valence-electron chi connectivity index (χ3n) is 0.945. The summed E-state index contributed by atoms with van der Waals surface area (Å²) in [5.74, 6) is 0. The molecule has 58 valence electrons. The van der Waals surface area contributed by atoms with Gasteiger partial charge < -0.3 is 5.41 Å². The van der Waals surface area contributed by atoms with Crippen LogP contribution in [0.25, 0.3) is 0 Å². The Hall–Kier alpha value is -1.36. The second-order valence-corrected chi connectivity index (χ2v) is 2.62. The van der Waals surface area contributed by atoms with Crippen molar-refractivity contribution >= 4 is 5.71 Å². The Bertz CT molecular complexity index is 247. The van der Waals surface area contributed by atoms with Crippen molar-refractivity contribution in [3.05, 3.63) is 23.3 Å². The topological polar surface area (TPSA) is 47.6 Å². The molecule has 0 saturated carbocycles. The third-order valence-corrected chi connectivity index (χ3v) is 0.945. The predicted octanol–water partition coefficient (Wildman–Crippen LogP) is 2.44. The Kier molecular flexibility index (Phi) is 3.90. The van der Waals surface area contributed by atoms with Gasteiger partial charge in [-0.1, -0.05) is 5.57 Å². The van der Waals surface area contributed by atoms with Gasteiger partial charge in [-0.05, 0) is 32.9 Å². The first-order chi connectivity index (χ1) is 5.06. The molecule has 0 aliphatic carbocycles. The molecule has 11 heavy (non-hydrogen) atoms. The highest BCUT2D eigenvalue weighted by molar-refractivity contribution is 5.91.